The maximum absolute atomic E-state index is 13.0. The minimum absolute atomic E-state index is 0.0252. The van der Waals surface area contributed by atoms with Crippen molar-refractivity contribution in [1.82, 2.24) is 5.06 Å². The molecule has 0 aliphatic heterocycles. The number of hydrogen-bond donors (Lipinski definition) is 1. The van der Waals surface area contributed by atoms with E-state index in [1.165, 1.54) is 36.4 Å². The van der Waals surface area contributed by atoms with E-state index in [9.17, 15) is 31.6 Å². The molecule has 6 nitrogen and oxygen atoms in total. The van der Waals surface area contributed by atoms with Gasteiger partial charge in [0.1, 0.15) is 0 Å². The van der Waals surface area contributed by atoms with Gasteiger partial charge in [-0.3, -0.25) is 10.0 Å². The standard InChI is InChI=1S/C24H32F3NO5SSi/c1-23(2,3)35(4,5)33-15-14-21(28(30)17-29)16-34(31,32)22-12-8-19(9-13-22)18-6-10-20(11-7-18)24(25,26)27/h6-13,17,21,30H,14-16H2,1-5H3. The molecule has 11 heteroatoms. The summed E-state index contributed by atoms with van der Waals surface area (Å²) < 4.78 is 70.3. The Kier molecular flexibility index (Phi) is 8.97. The number of hydrogen-bond acceptors (Lipinski definition) is 5. The molecule has 0 radical (unpaired) electrons. The Morgan fingerprint density at radius 1 is 1.00 bits per heavy atom. The smallest absolute Gasteiger partial charge is 0.416 e. The molecule has 0 saturated heterocycles. The van der Waals surface area contributed by atoms with E-state index in [0.717, 1.165) is 12.1 Å². The molecule has 2 aromatic rings. The van der Waals surface area contributed by atoms with Crippen molar-refractivity contribution in [1.29, 1.82) is 0 Å². The second kappa shape index (κ2) is 10.8. The first-order chi connectivity index (χ1) is 16.0. The van der Waals surface area contributed by atoms with Crippen LogP contribution in [0.25, 0.3) is 11.1 Å². The molecule has 194 valence electrons. The van der Waals surface area contributed by atoms with Crippen LogP contribution < -0.4 is 0 Å². The largest absolute Gasteiger partial charge is 0.417 e. The predicted octanol–water partition coefficient (Wildman–Crippen LogP) is 5.77. The average molecular weight is 532 g/mol. The van der Waals surface area contributed by atoms with Crippen LogP contribution in [-0.2, 0) is 25.2 Å². The maximum Gasteiger partial charge on any atom is 0.416 e. The van der Waals surface area contributed by atoms with E-state index in [1.807, 2.05) is 13.1 Å². The van der Waals surface area contributed by atoms with E-state index < -0.39 is 41.7 Å². The number of benzene rings is 2. The van der Waals surface area contributed by atoms with Gasteiger partial charge >= 0.3 is 6.18 Å². The number of halogens is 3. The van der Waals surface area contributed by atoms with Gasteiger partial charge in [0.25, 0.3) is 0 Å². The monoisotopic (exact) mass is 531 g/mol. The Balaban J connectivity index is 2.14. The first-order valence-corrected chi connectivity index (χ1v) is 15.6. The predicted molar refractivity (Wildman–Crippen MR) is 130 cm³/mol. The molecule has 0 saturated carbocycles. The van der Waals surface area contributed by atoms with Gasteiger partial charge in [0.15, 0.2) is 18.2 Å². The van der Waals surface area contributed by atoms with Crippen molar-refractivity contribution in [2.75, 3.05) is 12.4 Å². The average Bonchev–Trinajstić information content (AvgIpc) is 2.76. The molecule has 0 spiro atoms. The summed E-state index contributed by atoms with van der Waals surface area (Å²) in [7, 11) is -5.98. The molecule has 1 unspecified atom stereocenters. The molecule has 0 aromatic heterocycles. The number of alkyl halides is 3. The van der Waals surface area contributed by atoms with Gasteiger partial charge in [0, 0.05) is 6.61 Å². The van der Waals surface area contributed by atoms with E-state index in [-0.39, 0.29) is 29.4 Å². The number of carbonyl (C=O) groups is 1. The van der Waals surface area contributed by atoms with Crippen molar-refractivity contribution in [3.05, 3.63) is 54.1 Å². The van der Waals surface area contributed by atoms with Crippen molar-refractivity contribution in [2.45, 2.75) is 62.4 Å². The Hall–Kier alpha value is -2.21. The number of amides is 1. The first-order valence-electron chi connectivity index (χ1n) is 11.0. The minimum atomic E-state index is -4.44. The fourth-order valence-corrected chi connectivity index (χ4v) is 5.73. The summed E-state index contributed by atoms with van der Waals surface area (Å²) in [6.07, 6.45) is -4.14. The van der Waals surface area contributed by atoms with Gasteiger partial charge in [-0.05, 0) is 59.9 Å². The SMILES string of the molecule is CC(C)(C)[Si](C)(C)OCCC(CS(=O)(=O)c1ccc(-c2ccc(C(F)(F)F)cc2)cc1)N(O)C=O. The van der Waals surface area contributed by atoms with E-state index in [2.05, 4.69) is 20.8 Å². The highest BCUT2D eigenvalue weighted by Gasteiger charge is 2.37. The number of rotatable bonds is 10. The van der Waals surface area contributed by atoms with Crippen LogP contribution in [0.5, 0.6) is 0 Å². The van der Waals surface area contributed by atoms with Crippen LogP contribution in [-0.4, -0.2) is 51.8 Å². The molecular formula is C24H32F3NO5SSi. The van der Waals surface area contributed by atoms with Crippen molar-refractivity contribution in [2.24, 2.45) is 0 Å². The molecule has 0 aliphatic rings. The lowest BCUT2D eigenvalue weighted by atomic mass is 10.0. The lowest BCUT2D eigenvalue weighted by Crippen LogP contribution is -2.43. The molecular weight excluding hydrogens is 499 g/mol. The fraction of sp³-hybridized carbons (Fsp3) is 0.458. The van der Waals surface area contributed by atoms with Crippen molar-refractivity contribution < 1.29 is 36.0 Å². The van der Waals surface area contributed by atoms with Crippen LogP contribution in [0.15, 0.2) is 53.4 Å². The first kappa shape index (κ1) is 29.0. The van der Waals surface area contributed by atoms with E-state index >= 15 is 0 Å². The molecule has 0 bridgehead atoms. The summed E-state index contributed by atoms with van der Waals surface area (Å²) in [6.45, 7) is 10.5. The Morgan fingerprint density at radius 2 is 1.49 bits per heavy atom. The van der Waals surface area contributed by atoms with E-state index in [0.29, 0.717) is 16.2 Å². The molecule has 1 N–H and O–H groups in total. The maximum atomic E-state index is 13.0. The quantitative estimate of drug-likeness (QED) is 0.182. The zero-order valence-corrected chi connectivity index (χ0v) is 22.3. The van der Waals surface area contributed by atoms with Crippen LogP contribution in [0.2, 0.25) is 18.1 Å². The molecule has 0 heterocycles. The lowest BCUT2D eigenvalue weighted by molar-refractivity contribution is -0.159. The van der Waals surface area contributed by atoms with Gasteiger partial charge in [0.2, 0.25) is 6.41 Å². The summed E-state index contributed by atoms with van der Waals surface area (Å²) >= 11 is 0. The van der Waals surface area contributed by atoms with Gasteiger partial charge in [-0.2, -0.15) is 13.2 Å². The molecule has 35 heavy (non-hydrogen) atoms. The normalized spacial score (nSPS) is 14.0. The Bertz CT molecular complexity index is 1100. The van der Waals surface area contributed by atoms with Gasteiger partial charge in [-0.15, -0.1) is 0 Å². The highest BCUT2D eigenvalue weighted by atomic mass is 32.2. The van der Waals surface area contributed by atoms with Gasteiger partial charge in [-0.25, -0.2) is 13.5 Å². The topological polar surface area (TPSA) is 83.9 Å². The summed E-state index contributed by atoms with van der Waals surface area (Å²) in [5.41, 5.74) is 0.284. The highest BCUT2D eigenvalue weighted by molar-refractivity contribution is 7.91. The number of hydroxylamine groups is 2. The van der Waals surface area contributed by atoms with Crippen LogP contribution in [0.4, 0.5) is 13.2 Å². The number of nitrogens with zero attached hydrogens (tertiary/aromatic N) is 1. The fourth-order valence-electron chi connectivity index (χ4n) is 3.10. The molecule has 1 atom stereocenters. The lowest BCUT2D eigenvalue weighted by Gasteiger charge is -2.36. The number of carbonyl (C=O) groups excluding carboxylic acids is 1. The minimum Gasteiger partial charge on any atom is -0.417 e. The van der Waals surface area contributed by atoms with Gasteiger partial charge < -0.3 is 4.43 Å². The Labute approximate surface area is 205 Å². The van der Waals surface area contributed by atoms with Crippen molar-refractivity contribution in [3.63, 3.8) is 0 Å². The summed E-state index contributed by atoms with van der Waals surface area (Å²) in [5.74, 6) is -0.511. The molecule has 2 aromatic carbocycles. The second-order valence-corrected chi connectivity index (χ2v) is 16.8. The molecule has 0 aliphatic carbocycles. The van der Waals surface area contributed by atoms with Gasteiger partial charge in [-0.1, -0.05) is 45.0 Å². The van der Waals surface area contributed by atoms with Crippen LogP contribution in [0.1, 0.15) is 32.8 Å². The van der Waals surface area contributed by atoms with Crippen LogP contribution in [0.3, 0.4) is 0 Å². The summed E-state index contributed by atoms with van der Waals surface area (Å²) in [4.78, 5) is 11.1. The molecule has 2 rings (SSSR count). The van der Waals surface area contributed by atoms with Crippen molar-refractivity contribution >= 4 is 24.6 Å². The third-order valence-corrected chi connectivity index (χ3v) is 12.7. The van der Waals surface area contributed by atoms with Crippen LogP contribution in [0, 0.1) is 0 Å². The van der Waals surface area contributed by atoms with E-state index in [4.69, 9.17) is 4.43 Å². The zero-order valence-electron chi connectivity index (χ0n) is 20.5. The number of sulfone groups is 1. The van der Waals surface area contributed by atoms with Crippen LogP contribution >= 0.6 is 0 Å². The molecule has 1 amide bonds. The summed E-state index contributed by atoms with van der Waals surface area (Å²) in [5, 5.41) is 10.3. The van der Waals surface area contributed by atoms with Gasteiger partial charge in [0.05, 0.1) is 22.3 Å². The Morgan fingerprint density at radius 3 is 1.91 bits per heavy atom. The second-order valence-electron chi connectivity index (χ2n) is 9.92. The third kappa shape index (κ3) is 7.63. The third-order valence-electron chi connectivity index (χ3n) is 6.37. The van der Waals surface area contributed by atoms with Crippen molar-refractivity contribution in [3.8, 4) is 11.1 Å². The molecule has 0 fully saturated rings. The zero-order chi connectivity index (χ0) is 26.7. The highest BCUT2D eigenvalue weighted by Crippen LogP contribution is 2.36. The van der Waals surface area contributed by atoms with E-state index in [1.54, 1.807) is 0 Å². The summed E-state index contributed by atoms with van der Waals surface area (Å²) in [6, 6.07) is 9.27.